The summed E-state index contributed by atoms with van der Waals surface area (Å²) in [6, 6.07) is 4.69. The zero-order valence-electron chi connectivity index (χ0n) is 10.7. The predicted molar refractivity (Wildman–Crippen MR) is 73.6 cm³/mol. The van der Waals surface area contributed by atoms with Crippen molar-refractivity contribution in [2.75, 3.05) is 5.32 Å². The topological polar surface area (TPSA) is 66.4 Å². The van der Waals surface area contributed by atoms with Crippen molar-refractivity contribution in [3.63, 3.8) is 0 Å². The molecule has 0 radical (unpaired) electrons. The van der Waals surface area contributed by atoms with Crippen LogP contribution >= 0.6 is 11.6 Å². The monoisotopic (exact) mass is 281 g/mol. The smallest absolute Gasteiger partial charge is 0.339 e. The number of benzene rings is 1. The molecule has 1 fully saturated rings. The molecule has 1 aliphatic carbocycles. The highest BCUT2D eigenvalue weighted by atomic mass is 35.5. The van der Waals surface area contributed by atoms with Gasteiger partial charge >= 0.3 is 5.97 Å². The fourth-order valence-electron chi connectivity index (χ4n) is 2.50. The molecule has 0 heterocycles. The lowest BCUT2D eigenvalue weighted by Crippen LogP contribution is -2.31. The lowest BCUT2D eigenvalue weighted by Gasteiger charge is -2.23. The Morgan fingerprint density at radius 2 is 1.95 bits per heavy atom. The molecular formula is C14H16ClNO3. The van der Waals surface area contributed by atoms with E-state index < -0.39 is 11.4 Å². The molecule has 2 N–H and O–H groups in total. The van der Waals surface area contributed by atoms with Gasteiger partial charge in [-0.15, -0.1) is 0 Å². The van der Waals surface area contributed by atoms with E-state index >= 15 is 0 Å². The minimum absolute atomic E-state index is 0.0564. The first-order valence-corrected chi connectivity index (χ1v) is 6.65. The maximum Gasteiger partial charge on any atom is 0.339 e. The zero-order chi connectivity index (χ0) is 14.0. The number of aromatic carboxylic acids is 1. The van der Waals surface area contributed by atoms with E-state index in [0.29, 0.717) is 0 Å². The standard InChI is InChI=1S/C14H16ClNO3/c1-14(7-2-3-8-14)13(19)16-10-6-4-5-9(15)11(10)12(17)18/h4-6H,2-3,7-8H2,1H3,(H,16,19)(H,17,18). The normalized spacial score (nSPS) is 17.2. The Balaban J connectivity index is 2.26. The number of carbonyl (C=O) groups is 2. The summed E-state index contributed by atoms with van der Waals surface area (Å²) >= 11 is 5.87. The second kappa shape index (κ2) is 5.21. The lowest BCUT2D eigenvalue weighted by atomic mass is 9.87. The number of rotatable bonds is 3. The van der Waals surface area contributed by atoms with Gasteiger partial charge in [0.05, 0.1) is 10.7 Å². The number of halogens is 1. The van der Waals surface area contributed by atoms with E-state index in [1.807, 2.05) is 6.92 Å². The van der Waals surface area contributed by atoms with Crippen LogP contribution in [0.4, 0.5) is 5.69 Å². The van der Waals surface area contributed by atoms with Gasteiger partial charge in [0.25, 0.3) is 0 Å². The van der Waals surface area contributed by atoms with Crippen LogP contribution in [0.3, 0.4) is 0 Å². The van der Waals surface area contributed by atoms with Crippen molar-refractivity contribution < 1.29 is 14.7 Å². The van der Waals surface area contributed by atoms with Crippen molar-refractivity contribution in [3.05, 3.63) is 28.8 Å². The molecule has 1 amide bonds. The quantitative estimate of drug-likeness (QED) is 0.890. The predicted octanol–water partition coefficient (Wildman–Crippen LogP) is 3.56. The molecule has 0 atom stereocenters. The Hall–Kier alpha value is -1.55. The molecular weight excluding hydrogens is 266 g/mol. The molecule has 2 rings (SSSR count). The van der Waals surface area contributed by atoms with Crippen molar-refractivity contribution in [2.45, 2.75) is 32.6 Å². The van der Waals surface area contributed by atoms with Crippen molar-refractivity contribution in [2.24, 2.45) is 5.41 Å². The second-order valence-electron chi connectivity index (χ2n) is 5.19. The molecule has 0 spiro atoms. The van der Waals surface area contributed by atoms with Gasteiger partial charge in [-0.05, 0) is 25.0 Å². The van der Waals surface area contributed by atoms with Gasteiger partial charge in [-0.3, -0.25) is 4.79 Å². The lowest BCUT2D eigenvalue weighted by molar-refractivity contribution is -0.124. The molecule has 102 valence electrons. The summed E-state index contributed by atoms with van der Waals surface area (Å²) in [6.45, 7) is 1.92. The molecule has 1 saturated carbocycles. The molecule has 0 saturated heterocycles. The first-order valence-electron chi connectivity index (χ1n) is 6.27. The van der Waals surface area contributed by atoms with Crippen molar-refractivity contribution in [1.82, 2.24) is 0 Å². The first-order chi connectivity index (χ1) is 8.94. The van der Waals surface area contributed by atoms with Gasteiger partial charge in [0.15, 0.2) is 0 Å². The molecule has 0 unspecified atom stereocenters. The number of anilines is 1. The number of hydrogen-bond acceptors (Lipinski definition) is 2. The molecule has 0 bridgehead atoms. The maximum absolute atomic E-state index is 12.3. The molecule has 1 aromatic rings. The van der Waals surface area contributed by atoms with Gasteiger partial charge in [-0.2, -0.15) is 0 Å². The number of carboxylic acid groups (broad SMARTS) is 1. The number of nitrogens with one attached hydrogen (secondary N) is 1. The van der Waals surface area contributed by atoms with Gasteiger partial charge < -0.3 is 10.4 Å². The van der Waals surface area contributed by atoms with Crippen molar-refractivity contribution in [1.29, 1.82) is 0 Å². The van der Waals surface area contributed by atoms with E-state index in [0.717, 1.165) is 25.7 Å². The molecule has 0 aliphatic heterocycles. The Morgan fingerprint density at radius 3 is 2.53 bits per heavy atom. The molecule has 19 heavy (non-hydrogen) atoms. The minimum Gasteiger partial charge on any atom is -0.478 e. The van der Waals surface area contributed by atoms with Crippen LogP contribution in [0.15, 0.2) is 18.2 Å². The van der Waals surface area contributed by atoms with E-state index in [4.69, 9.17) is 16.7 Å². The van der Waals surface area contributed by atoms with Crippen LogP contribution in [0, 0.1) is 5.41 Å². The molecule has 5 heteroatoms. The Kier molecular flexibility index (Phi) is 3.80. The van der Waals surface area contributed by atoms with Crippen LogP contribution in [0.5, 0.6) is 0 Å². The molecule has 0 aromatic heterocycles. The summed E-state index contributed by atoms with van der Waals surface area (Å²) in [5.41, 5.74) is -0.199. The Bertz CT molecular complexity index is 521. The number of carboxylic acids is 1. The van der Waals surface area contributed by atoms with Crippen LogP contribution in [0.2, 0.25) is 5.02 Å². The SMILES string of the molecule is CC1(C(=O)Nc2cccc(Cl)c2C(=O)O)CCCC1. The van der Waals surface area contributed by atoms with Gasteiger partial charge in [0.2, 0.25) is 5.91 Å². The molecule has 1 aromatic carbocycles. The van der Waals surface area contributed by atoms with E-state index in [2.05, 4.69) is 5.32 Å². The van der Waals surface area contributed by atoms with E-state index in [1.165, 1.54) is 6.07 Å². The first kappa shape index (κ1) is 13.9. The van der Waals surface area contributed by atoms with Crippen LogP contribution in [-0.4, -0.2) is 17.0 Å². The van der Waals surface area contributed by atoms with Crippen LogP contribution < -0.4 is 5.32 Å². The number of carbonyl (C=O) groups excluding carboxylic acids is 1. The Labute approximate surface area is 116 Å². The minimum atomic E-state index is -1.14. The highest BCUT2D eigenvalue weighted by molar-refractivity contribution is 6.34. The van der Waals surface area contributed by atoms with Crippen molar-refractivity contribution >= 4 is 29.2 Å². The summed E-state index contributed by atoms with van der Waals surface area (Å²) < 4.78 is 0. The van der Waals surface area contributed by atoms with Crippen molar-refractivity contribution in [3.8, 4) is 0 Å². The summed E-state index contributed by atoms with van der Waals surface area (Å²) in [6.07, 6.45) is 3.74. The van der Waals surface area contributed by atoms with Crippen LogP contribution in [0.25, 0.3) is 0 Å². The summed E-state index contributed by atoms with van der Waals surface area (Å²) in [5, 5.41) is 12.0. The third-order valence-electron chi connectivity index (χ3n) is 3.73. The van der Waals surface area contributed by atoms with Gasteiger partial charge in [-0.1, -0.05) is 37.4 Å². The second-order valence-corrected chi connectivity index (χ2v) is 5.60. The summed E-state index contributed by atoms with van der Waals surface area (Å²) in [4.78, 5) is 23.5. The number of hydrogen-bond donors (Lipinski definition) is 2. The fraction of sp³-hybridized carbons (Fsp3) is 0.429. The van der Waals surface area contributed by atoms with E-state index in [-0.39, 0.29) is 22.2 Å². The van der Waals surface area contributed by atoms with Gasteiger partial charge in [0.1, 0.15) is 5.56 Å². The highest BCUT2D eigenvalue weighted by Crippen LogP contribution is 2.39. The third-order valence-corrected chi connectivity index (χ3v) is 4.05. The zero-order valence-corrected chi connectivity index (χ0v) is 11.5. The number of amides is 1. The fourth-order valence-corrected chi connectivity index (χ4v) is 2.76. The molecule has 1 aliphatic rings. The highest BCUT2D eigenvalue weighted by Gasteiger charge is 2.36. The van der Waals surface area contributed by atoms with E-state index in [1.54, 1.807) is 12.1 Å². The average molecular weight is 282 g/mol. The molecule has 4 nitrogen and oxygen atoms in total. The Morgan fingerprint density at radius 1 is 1.32 bits per heavy atom. The third kappa shape index (κ3) is 2.73. The van der Waals surface area contributed by atoms with E-state index in [9.17, 15) is 9.59 Å². The van der Waals surface area contributed by atoms with Gasteiger partial charge in [0, 0.05) is 5.41 Å². The van der Waals surface area contributed by atoms with Gasteiger partial charge in [-0.25, -0.2) is 4.79 Å². The van der Waals surface area contributed by atoms with Crippen LogP contribution in [0.1, 0.15) is 43.0 Å². The maximum atomic E-state index is 12.3. The summed E-state index contributed by atoms with van der Waals surface area (Å²) in [7, 11) is 0. The summed E-state index contributed by atoms with van der Waals surface area (Å²) in [5.74, 6) is -1.27. The van der Waals surface area contributed by atoms with Crippen LogP contribution in [-0.2, 0) is 4.79 Å². The largest absolute Gasteiger partial charge is 0.478 e. The average Bonchev–Trinajstić information content (AvgIpc) is 2.77.